The first kappa shape index (κ1) is 13.1. The monoisotopic (exact) mass is 258 g/mol. The van der Waals surface area contributed by atoms with Gasteiger partial charge in [-0.2, -0.15) is 0 Å². The summed E-state index contributed by atoms with van der Waals surface area (Å²) in [4.78, 5) is 2.72. The molecule has 2 atom stereocenters. The molecule has 3 rings (SSSR count). The van der Waals surface area contributed by atoms with E-state index in [4.69, 9.17) is 0 Å². The van der Waals surface area contributed by atoms with Crippen LogP contribution in [0.1, 0.15) is 38.7 Å². The first-order valence-corrected chi connectivity index (χ1v) is 7.70. The molecule has 2 heteroatoms. The van der Waals surface area contributed by atoms with Gasteiger partial charge in [0.2, 0.25) is 0 Å². The van der Waals surface area contributed by atoms with E-state index in [9.17, 15) is 0 Å². The fraction of sp³-hybridized carbons (Fsp3) is 0.647. The number of nitrogens with zero attached hydrogens (tertiary/aromatic N) is 1. The summed E-state index contributed by atoms with van der Waals surface area (Å²) in [6.45, 7) is 7.30. The van der Waals surface area contributed by atoms with Crippen LogP contribution in [0.4, 0.5) is 0 Å². The summed E-state index contributed by atoms with van der Waals surface area (Å²) in [5, 5.41) is 3.86. The van der Waals surface area contributed by atoms with E-state index in [0.717, 1.165) is 12.5 Å². The van der Waals surface area contributed by atoms with Crippen LogP contribution in [0.3, 0.4) is 0 Å². The molecule has 0 saturated carbocycles. The zero-order chi connectivity index (χ0) is 13.3. The first-order valence-electron chi connectivity index (χ1n) is 7.70. The smallest absolute Gasteiger partial charge is 0.0270 e. The Morgan fingerprint density at radius 1 is 1.16 bits per heavy atom. The van der Waals surface area contributed by atoms with Crippen molar-refractivity contribution in [3.8, 4) is 0 Å². The third-order valence-electron chi connectivity index (χ3n) is 4.67. The summed E-state index contributed by atoms with van der Waals surface area (Å²) in [6, 6.07) is 12.3. The Hall–Kier alpha value is -0.860. The number of benzene rings is 1. The molecule has 19 heavy (non-hydrogen) atoms. The van der Waals surface area contributed by atoms with Gasteiger partial charge in [-0.15, -0.1) is 0 Å². The topological polar surface area (TPSA) is 15.3 Å². The molecule has 2 aliphatic rings. The van der Waals surface area contributed by atoms with Gasteiger partial charge in [0, 0.05) is 17.6 Å². The Morgan fingerprint density at radius 3 is 2.53 bits per heavy atom. The number of rotatable bonds is 3. The quantitative estimate of drug-likeness (QED) is 0.897. The average Bonchev–Trinajstić information content (AvgIpc) is 2.98. The van der Waals surface area contributed by atoms with Crippen LogP contribution >= 0.6 is 0 Å². The summed E-state index contributed by atoms with van der Waals surface area (Å²) in [7, 11) is 0. The molecule has 104 valence electrons. The highest BCUT2D eigenvalue weighted by Gasteiger charge is 2.41. The summed E-state index contributed by atoms with van der Waals surface area (Å²) in [5.74, 6) is 0. The second kappa shape index (κ2) is 5.26. The molecule has 0 spiro atoms. The molecule has 2 fully saturated rings. The summed E-state index contributed by atoms with van der Waals surface area (Å²) >= 11 is 0. The minimum Gasteiger partial charge on any atom is -0.307 e. The van der Waals surface area contributed by atoms with Gasteiger partial charge in [0.05, 0.1) is 0 Å². The maximum absolute atomic E-state index is 3.86. The van der Waals surface area contributed by atoms with Crippen molar-refractivity contribution < 1.29 is 0 Å². The molecule has 1 aromatic carbocycles. The summed E-state index contributed by atoms with van der Waals surface area (Å²) in [5.41, 5.74) is 1.74. The maximum atomic E-state index is 3.86. The van der Waals surface area contributed by atoms with Crippen molar-refractivity contribution in [1.29, 1.82) is 0 Å². The van der Waals surface area contributed by atoms with Crippen molar-refractivity contribution >= 4 is 0 Å². The average molecular weight is 258 g/mol. The third kappa shape index (κ3) is 3.01. The second-order valence-electron chi connectivity index (χ2n) is 6.84. The Balaban J connectivity index is 1.73. The molecule has 2 saturated heterocycles. The van der Waals surface area contributed by atoms with Crippen molar-refractivity contribution in [2.45, 2.75) is 57.2 Å². The zero-order valence-corrected chi connectivity index (χ0v) is 12.2. The van der Waals surface area contributed by atoms with Gasteiger partial charge < -0.3 is 5.32 Å². The van der Waals surface area contributed by atoms with Crippen LogP contribution in [0.5, 0.6) is 0 Å². The molecule has 2 nitrogen and oxygen atoms in total. The van der Waals surface area contributed by atoms with Gasteiger partial charge in [-0.25, -0.2) is 0 Å². The lowest BCUT2D eigenvalue weighted by Gasteiger charge is -2.28. The van der Waals surface area contributed by atoms with Crippen molar-refractivity contribution in [3.63, 3.8) is 0 Å². The SMILES string of the molecule is CC1(C)CC(N2CCCC2)C(Cc2ccccc2)N1. The van der Waals surface area contributed by atoms with Crippen LogP contribution in [0, 0.1) is 0 Å². The van der Waals surface area contributed by atoms with Gasteiger partial charge in [0.25, 0.3) is 0 Å². The van der Waals surface area contributed by atoms with E-state index < -0.39 is 0 Å². The molecule has 0 aliphatic carbocycles. The molecule has 1 N–H and O–H groups in total. The zero-order valence-electron chi connectivity index (χ0n) is 12.2. The Bertz CT molecular complexity index is 407. The molecule has 0 radical (unpaired) electrons. The summed E-state index contributed by atoms with van der Waals surface area (Å²) < 4.78 is 0. The Kier molecular flexibility index (Phi) is 3.64. The predicted octanol–water partition coefficient (Wildman–Crippen LogP) is 2.83. The van der Waals surface area contributed by atoms with Crippen molar-refractivity contribution in [3.05, 3.63) is 35.9 Å². The number of hydrogen-bond donors (Lipinski definition) is 1. The van der Waals surface area contributed by atoms with Crippen LogP contribution in [0.15, 0.2) is 30.3 Å². The fourth-order valence-electron chi connectivity index (χ4n) is 3.83. The van der Waals surface area contributed by atoms with Crippen LogP contribution in [0.25, 0.3) is 0 Å². The minimum atomic E-state index is 0.284. The van der Waals surface area contributed by atoms with Gasteiger partial charge in [0.1, 0.15) is 0 Å². The molecular formula is C17H26N2. The highest BCUT2D eigenvalue weighted by molar-refractivity contribution is 5.18. The first-order chi connectivity index (χ1) is 9.14. The van der Waals surface area contributed by atoms with Gasteiger partial charge in [-0.1, -0.05) is 30.3 Å². The van der Waals surface area contributed by atoms with E-state index in [1.54, 1.807) is 0 Å². The van der Waals surface area contributed by atoms with E-state index >= 15 is 0 Å². The largest absolute Gasteiger partial charge is 0.307 e. The second-order valence-corrected chi connectivity index (χ2v) is 6.84. The Morgan fingerprint density at radius 2 is 1.84 bits per heavy atom. The lowest BCUT2D eigenvalue weighted by Crippen LogP contribution is -2.44. The maximum Gasteiger partial charge on any atom is 0.0270 e. The molecule has 2 heterocycles. The van der Waals surface area contributed by atoms with E-state index in [2.05, 4.69) is 54.4 Å². The van der Waals surface area contributed by atoms with Crippen LogP contribution in [0.2, 0.25) is 0 Å². The standard InChI is InChI=1S/C17H26N2/c1-17(2)13-16(19-10-6-7-11-19)15(18-17)12-14-8-4-3-5-9-14/h3-5,8-9,15-16,18H,6-7,10-13H2,1-2H3. The van der Waals surface area contributed by atoms with E-state index in [0.29, 0.717) is 6.04 Å². The molecule has 2 unspecified atom stereocenters. The highest BCUT2D eigenvalue weighted by atomic mass is 15.2. The van der Waals surface area contributed by atoms with E-state index in [1.807, 2.05) is 0 Å². The van der Waals surface area contributed by atoms with E-state index in [1.165, 1.54) is 37.9 Å². The number of likely N-dealkylation sites (tertiary alicyclic amines) is 1. The molecular weight excluding hydrogens is 232 g/mol. The third-order valence-corrected chi connectivity index (χ3v) is 4.67. The molecule has 1 aromatic rings. The van der Waals surface area contributed by atoms with Crippen LogP contribution in [-0.2, 0) is 6.42 Å². The predicted molar refractivity (Wildman–Crippen MR) is 80.4 cm³/mol. The Labute approximate surface area is 117 Å². The van der Waals surface area contributed by atoms with Gasteiger partial charge >= 0.3 is 0 Å². The van der Waals surface area contributed by atoms with Gasteiger partial charge in [-0.3, -0.25) is 4.90 Å². The highest BCUT2D eigenvalue weighted by Crippen LogP contribution is 2.30. The molecule has 0 amide bonds. The molecule has 0 bridgehead atoms. The summed E-state index contributed by atoms with van der Waals surface area (Å²) in [6.07, 6.45) is 5.21. The molecule has 0 aromatic heterocycles. The van der Waals surface area contributed by atoms with Crippen LogP contribution < -0.4 is 5.32 Å². The normalized spacial score (nSPS) is 30.8. The molecule has 2 aliphatic heterocycles. The number of nitrogens with one attached hydrogen (secondary N) is 1. The van der Waals surface area contributed by atoms with Gasteiger partial charge in [-0.05, 0) is 58.2 Å². The lowest BCUT2D eigenvalue weighted by molar-refractivity contribution is 0.220. The van der Waals surface area contributed by atoms with E-state index in [-0.39, 0.29) is 5.54 Å². The van der Waals surface area contributed by atoms with Gasteiger partial charge in [0.15, 0.2) is 0 Å². The minimum absolute atomic E-state index is 0.284. The van der Waals surface area contributed by atoms with Crippen molar-refractivity contribution in [2.24, 2.45) is 0 Å². The number of hydrogen-bond acceptors (Lipinski definition) is 2. The fourth-order valence-corrected chi connectivity index (χ4v) is 3.83. The van der Waals surface area contributed by atoms with Crippen LogP contribution in [-0.4, -0.2) is 35.6 Å². The lowest BCUT2D eigenvalue weighted by atomic mass is 9.96. The van der Waals surface area contributed by atoms with Crippen molar-refractivity contribution in [2.75, 3.05) is 13.1 Å². The van der Waals surface area contributed by atoms with Crippen molar-refractivity contribution in [1.82, 2.24) is 10.2 Å².